The van der Waals surface area contributed by atoms with Crippen molar-refractivity contribution in [1.82, 2.24) is 19.4 Å². The lowest BCUT2D eigenvalue weighted by molar-refractivity contribution is -0.135. The fraction of sp³-hybridized carbons (Fsp3) is 0.273. The van der Waals surface area contributed by atoms with Crippen molar-refractivity contribution in [3.8, 4) is 0 Å². The Morgan fingerprint density at radius 1 is 1.14 bits per heavy atom. The van der Waals surface area contributed by atoms with Crippen molar-refractivity contribution >= 4 is 17.5 Å². The van der Waals surface area contributed by atoms with Crippen LogP contribution in [0.3, 0.4) is 0 Å². The third-order valence-corrected chi connectivity index (χ3v) is 4.47. The number of imidazole rings is 1. The largest absolute Gasteiger partial charge is 0.338 e. The van der Waals surface area contributed by atoms with Crippen molar-refractivity contribution in [2.24, 2.45) is 0 Å². The fourth-order valence-corrected chi connectivity index (χ4v) is 3.04. The van der Waals surface area contributed by atoms with E-state index in [1.807, 2.05) is 54.1 Å². The molecule has 3 rings (SSSR count). The number of hydrogen-bond donors (Lipinski definition) is 1. The highest BCUT2D eigenvalue weighted by atomic mass is 16.2. The molecule has 0 fully saturated rings. The van der Waals surface area contributed by atoms with E-state index < -0.39 is 0 Å². The average molecular weight is 391 g/mol. The summed E-state index contributed by atoms with van der Waals surface area (Å²) < 4.78 is 1.97. The fourth-order valence-electron chi connectivity index (χ4n) is 3.04. The van der Waals surface area contributed by atoms with Gasteiger partial charge in [0.1, 0.15) is 6.42 Å². The number of carbonyl (C=O) groups is 2. The third kappa shape index (κ3) is 6.57. The molecule has 29 heavy (non-hydrogen) atoms. The maximum atomic E-state index is 12.8. The van der Waals surface area contributed by atoms with E-state index in [0.29, 0.717) is 18.8 Å². The number of pyridine rings is 1. The summed E-state index contributed by atoms with van der Waals surface area (Å²) in [6, 6.07) is 11.3. The number of carbonyl (C=O) groups excluding carboxylic acids is 2. The highest BCUT2D eigenvalue weighted by molar-refractivity contribution is 6.03. The maximum Gasteiger partial charge on any atom is 0.233 e. The van der Waals surface area contributed by atoms with Gasteiger partial charge in [0.2, 0.25) is 11.8 Å². The quantitative estimate of drug-likeness (QED) is 0.569. The Hall–Kier alpha value is -3.48. The minimum Gasteiger partial charge on any atom is -0.338 e. The number of benzene rings is 1. The first-order valence-electron chi connectivity index (χ1n) is 9.59. The molecule has 0 atom stereocenters. The lowest BCUT2D eigenvalue weighted by Gasteiger charge is -2.23. The molecule has 7 heteroatoms. The number of aryl methyl sites for hydroxylation is 2. The minimum atomic E-state index is -0.314. The molecule has 0 saturated carbocycles. The van der Waals surface area contributed by atoms with E-state index in [1.54, 1.807) is 29.8 Å². The SMILES string of the molecule is Cc1cccc(NC(=O)CC(=O)N(CCCn2ccnc2)Cc2cccnc2)c1. The predicted octanol–water partition coefficient (Wildman–Crippen LogP) is 3.03. The van der Waals surface area contributed by atoms with Crippen LogP contribution in [0.5, 0.6) is 0 Å². The Bertz CT molecular complexity index is 925. The smallest absolute Gasteiger partial charge is 0.233 e. The Morgan fingerprint density at radius 3 is 2.76 bits per heavy atom. The molecule has 0 spiro atoms. The van der Waals surface area contributed by atoms with Crippen LogP contribution < -0.4 is 5.32 Å². The first-order chi connectivity index (χ1) is 14.1. The Kier molecular flexibility index (Phi) is 7.10. The molecular formula is C22H25N5O2. The van der Waals surface area contributed by atoms with E-state index >= 15 is 0 Å². The standard InChI is InChI=1S/C22H25N5O2/c1-18-5-2-7-20(13-18)25-21(28)14-22(29)27(16-19-6-3-8-23-15-19)11-4-10-26-12-9-24-17-26/h2-3,5-9,12-13,15,17H,4,10-11,14,16H2,1H3,(H,25,28). The molecule has 0 bridgehead atoms. The molecule has 0 radical (unpaired) electrons. The van der Waals surface area contributed by atoms with Crippen LogP contribution in [0.15, 0.2) is 67.5 Å². The molecule has 0 aliphatic carbocycles. The van der Waals surface area contributed by atoms with Crippen molar-refractivity contribution in [3.63, 3.8) is 0 Å². The number of nitrogens with zero attached hydrogens (tertiary/aromatic N) is 4. The van der Waals surface area contributed by atoms with Crippen LogP contribution >= 0.6 is 0 Å². The van der Waals surface area contributed by atoms with Crippen molar-refractivity contribution in [3.05, 3.63) is 78.6 Å². The predicted molar refractivity (Wildman–Crippen MR) is 111 cm³/mol. The number of amides is 2. The van der Waals surface area contributed by atoms with Gasteiger partial charge in [0.15, 0.2) is 0 Å². The zero-order chi connectivity index (χ0) is 20.5. The van der Waals surface area contributed by atoms with E-state index in [1.165, 1.54) is 0 Å². The molecule has 0 saturated heterocycles. The van der Waals surface area contributed by atoms with Crippen molar-refractivity contribution in [2.75, 3.05) is 11.9 Å². The van der Waals surface area contributed by atoms with E-state index in [-0.39, 0.29) is 18.2 Å². The van der Waals surface area contributed by atoms with Crippen LogP contribution in [-0.2, 0) is 22.7 Å². The second-order valence-corrected chi connectivity index (χ2v) is 6.93. The lowest BCUT2D eigenvalue weighted by atomic mass is 10.2. The number of rotatable bonds is 9. The van der Waals surface area contributed by atoms with Gasteiger partial charge in [-0.05, 0) is 42.7 Å². The third-order valence-electron chi connectivity index (χ3n) is 4.47. The molecule has 7 nitrogen and oxygen atoms in total. The second kappa shape index (κ2) is 10.2. The average Bonchev–Trinajstić information content (AvgIpc) is 3.21. The van der Waals surface area contributed by atoms with Crippen LogP contribution in [0, 0.1) is 6.92 Å². The zero-order valence-corrected chi connectivity index (χ0v) is 16.5. The normalized spacial score (nSPS) is 10.5. The van der Waals surface area contributed by atoms with Gasteiger partial charge >= 0.3 is 0 Å². The van der Waals surface area contributed by atoms with Gasteiger partial charge in [0.25, 0.3) is 0 Å². The van der Waals surface area contributed by atoms with Crippen LogP contribution in [0.1, 0.15) is 24.0 Å². The molecule has 0 aliphatic rings. The number of anilines is 1. The Balaban J connectivity index is 1.59. The first-order valence-corrected chi connectivity index (χ1v) is 9.59. The van der Waals surface area contributed by atoms with Gasteiger partial charge in [-0.15, -0.1) is 0 Å². The molecule has 0 aliphatic heterocycles. The van der Waals surface area contributed by atoms with Crippen LogP contribution in [0.25, 0.3) is 0 Å². The summed E-state index contributed by atoms with van der Waals surface area (Å²) in [5, 5.41) is 2.80. The zero-order valence-electron chi connectivity index (χ0n) is 16.5. The minimum absolute atomic E-state index is 0.195. The molecular weight excluding hydrogens is 366 g/mol. The van der Waals surface area contributed by atoms with Gasteiger partial charge < -0.3 is 14.8 Å². The summed E-state index contributed by atoms with van der Waals surface area (Å²) in [4.78, 5) is 35.1. The molecule has 2 heterocycles. The van der Waals surface area contributed by atoms with Gasteiger partial charge in [-0.3, -0.25) is 14.6 Å². The van der Waals surface area contributed by atoms with E-state index in [2.05, 4.69) is 15.3 Å². The van der Waals surface area contributed by atoms with Crippen LogP contribution in [0.2, 0.25) is 0 Å². The molecule has 0 unspecified atom stereocenters. The summed E-state index contributed by atoms with van der Waals surface area (Å²) >= 11 is 0. The highest BCUT2D eigenvalue weighted by Crippen LogP contribution is 2.11. The summed E-state index contributed by atoms with van der Waals surface area (Å²) in [5.74, 6) is -0.518. The monoisotopic (exact) mass is 391 g/mol. The maximum absolute atomic E-state index is 12.8. The van der Waals surface area contributed by atoms with E-state index in [4.69, 9.17) is 0 Å². The Labute approximate surface area is 170 Å². The summed E-state index contributed by atoms with van der Waals surface area (Å²) in [5.41, 5.74) is 2.68. The van der Waals surface area contributed by atoms with Gasteiger partial charge in [0.05, 0.1) is 6.33 Å². The highest BCUT2D eigenvalue weighted by Gasteiger charge is 2.18. The molecule has 150 valence electrons. The van der Waals surface area contributed by atoms with Gasteiger partial charge in [-0.25, -0.2) is 4.98 Å². The summed E-state index contributed by atoms with van der Waals surface area (Å²) in [6.45, 7) is 3.68. The molecule has 2 amide bonds. The lowest BCUT2D eigenvalue weighted by Crippen LogP contribution is -2.34. The topological polar surface area (TPSA) is 80.1 Å². The molecule has 1 N–H and O–H groups in total. The Morgan fingerprint density at radius 2 is 2.03 bits per heavy atom. The number of hydrogen-bond acceptors (Lipinski definition) is 4. The molecule has 3 aromatic rings. The summed E-state index contributed by atoms with van der Waals surface area (Å²) in [7, 11) is 0. The van der Waals surface area contributed by atoms with Crippen molar-refractivity contribution in [2.45, 2.75) is 32.9 Å². The molecule has 1 aromatic carbocycles. The van der Waals surface area contributed by atoms with Crippen molar-refractivity contribution < 1.29 is 9.59 Å². The van der Waals surface area contributed by atoms with Gasteiger partial charge in [0, 0.05) is 50.1 Å². The number of nitrogens with one attached hydrogen (secondary N) is 1. The number of aromatic nitrogens is 3. The van der Waals surface area contributed by atoms with Crippen LogP contribution in [-0.4, -0.2) is 37.8 Å². The second-order valence-electron chi connectivity index (χ2n) is 6.93. The first kappa shape index (κ1) is 20.3. The summed E-state index contributed by atoms with van der Waals surface area (Å²) in [6.07, 6.45) is 9.38. The van der Waals surface area contributed by atoms with Gasteiger partial charge in [-0.1, -0.05) is 18.2 Å². The molecule has 2 aromatic heterocycles. The van der Waals surface area contributed by atoms with Crippen molar-refractivity contribution in [1.29, 1.82) is 0 Å². The van der Waals surface area contributed by atoms with Crippen LogP contribution in [0.4, 0.5) is 5.69 Å². The van der Waals surface area contributed by atoms with E-state index in [9.17, 15) is 9.59 Å². The van der Waals surface area contributed by atoms with E-state index in [0.717, 1.165) is 24.1 Å². The van der Waals surface area contributed by atoms with Gasteiger partial charge in [-0.2, -0.15) is 0 Å².